The third-order valence-corrected chi connectivity index (χ3v) is 5.18. The Morgan fingerprint density at radius 3 is 2.48 bits per heavy atom. The van der Waals surface area contributed by atoms with E-state index in [1.807, 2.05) is 55.5 Å². The summed E-state index contributed by atoms with van der Waals surface area (Å²) in [6, 6.07) is 11.1. The largest absolute Gasteiger partial charge is 0.465 e. The Bertz CT molecular complexity index is 1030. The SMILES string of the molecule is COC(=O)c1ccc2c(C(=O)C(C)C)c(C)c(Cc3ccccc3Cl)n2c1. The standard InChI is InChI=1S/C22H22ClNO3/c1-13(2)21(25)20-14(3)19(11-15-7-5-6-8-17(15)23)24-12-16(22(26)27-4)9-10-18(20)24/h5-10,12-13H,11H2,1-4H3. The zero-order valence-corrected chi connectivity index (χ0v) is 16.6. The summed E-state index contributed by atoms with van der Waals surface area (Å²) in [5.74, 6) is -0.451. The molecule has 0 amide bonds. The third kappa shape index (κ3) is 3.50. The van der Waals surface area contributed by atoms with Crippen LogP contribution >= 0.6 is 11.6 Å². The van der Waals surface area contributed by atoms with E-state index in [0.29, 0.717) is 22.6 Å². The number of benzene rings is 1. The highest BCUT2D eigenvalue weighted by Gasteiger charge is 2.23. The maximum atomic E-state index is 12.9. The molecule has 0 saturated carbocycles. The van der Waals surface area contributed by atoms with Crippen molar-refractivity contribution in [2.24, 2.45) is 5.92 Å². The molecule has 27 heavy (non-hydrogen) atoms. The van der Waals surface area contributed by atoms with Gasteiger partial charge in [-0.3, -0.25) is 4.79 Å². The second-order valence-electron chi connectivity index (χ2n) is 6.90. The Morgan fingerprint density at radius 1 is 1.15 bits per heavy atom. The van der Waals surface area contributed by atoms with E-state index in [4.69, 9.17) is 16.3 Å². The van der Waals surface area contributed by atoms with Gasteiger partial charge >= 0.3 is 5.97 Å². The fourth-order valence-electron chi connectivity index (χ4n) is 3.32. The van der Waals surface area contributed by atoms with E-state index in [2.05, 4.69) is 0 Å². The summed E-state index contributed by atoms with van der Waals surface area (Å²) in [5.41, 5.74) is 4.74. The molecule has 0 fully saturated rings. The van der Waals surface area contributed by atoms with Crippen molar-refractivity contribution in [2.45, 2.75) is 27.2 Å². The highest BCUT2D eigenvalue weighted by Crippen LogP contribution is 2.29. The number of esters is 1. The molecule has 0 aliphatic rings. The van der Waals surface area contributed by atoms with Crippen LogP contribution in [0.4, 0.5) is 0 Å². The summed E-state index contributed by atoms with van der Waals surface area (Å²) >= 11 is 6.35. The van der Waals surface area contributed by atoms with Gasteiger partial charge in [0, 0.05) is 34.8 Å². The fourth-order valence-corrected chi connectivity index (χ4v) is 3.53. The minimum absolute atomic E-state index is 0.0845. The summed E-state index contributed by atoms with van der Waals surface area (Å²) in [4.78, 5) is 24.8. The van der Waals surface area contributed by atoms with Crippen molar-refractivity contribution in [3.63, 3.8) is 0 Å². The van der Waals surface area contributed by atoms with Crippen LogP contribution in [0.5, 0.6) is 0 Å². The number of halogens is 1. The van der Waals surface area contributed by atoms with Gasteiger partial charge in [-0.15, -0.1) is 0 Å². The van der Waals surface area contributed by atoms with Crippen LogP contribution in [0.25, 0.3) is 5.52 Å². The average Bonchev–Trinajstić information content (AvgIpc) is 2.93. The molecule has 0 radical (unpaired) electrons. The first-order valence-electron chi connectivity index (χ1n) is 8.84. The zero-order chi connectivity index (χ0) is 19.7. The Morgan fingerprint density at radius 2 is 1.85 bits per heavy atom. The van der Waals surface area contributed by atoms with Crippen LogP contribution in [-0.4, -0.2) is 23.3 Å². The van der Waals surface area contributed by atoms with E-state index in [0.717, 1.165) is 22.3 Å². The van der Waals surface area contributed by atoms with E-state index >= 15 is 0 Å². The number of hydrogen-bond acceptors (Lipinski definition) is 3. The number of carbonyl (C=O) groups is 2. The van der Waals surface area contributed by atoms with Crippen molar-refractivity contribution in [3.05, 3.63) is 75.6 Å². The minimum Gasteiger partial charge on any atom is -0.465 e. The van der Waals surface area contributed by atoms with Gasteiger partial charge in [-0.2, -0.15) is 0 Å². The molecule has 0 saturated heterocycles. The molecule has 2 aromatic heterocycles. The van der Waals surface area contributed by atoms with Gasteiger partial charge in [-0.05, 0) is 36.2 Å². The van der Waals surface area contributed by atoms with Gasteiger partial charge in [0.05, 0.1) is 18.2 Å². The topological polar surface area (TPSA) is 47.8 Å². The van der Waals surface area contributed by atoms with E-state index in [1.54, 1.807) is 12.3 Å². The molecule has 0 spiro atoms. The van der Waals surface area contributed by atoms with E-state index in [9.17, 15) is 9.59 Å². The van der Waals surface area contributed by atoms with Crippen molar-refractivity contribution < 1.29 is 14.3 Å². The second-order valence-corrected chi connectivity index (χ2v) is 7.31. The summed E-state index contributed by atoms with van der Waals surface area (Å²) in [7, 11) is 1.35. The normalized spacial score (nSPS) is 11.2. The van der Waals surface area contributed by atoms with Gasteiger partial charge in [0.25, 0.3) is 0 Å². The third-order valence-electron chi connectivity index (χ3n) is 4.81. The highest BCUT2D eigenvalue weighted by molar-refractivity contribution is 6.31. The van der Waals surface area contributed by atoms with Crippen LogP contribution in [0.1, 0.15) is 51.4 Å². The number of rotatable bonds is 5. The molecule has 140 valence electrons. The van der Waals surface area contributed by atoms with Crippen LogP contribution in [-0.2, 0) is 11.2 Å². The number of hydrogen-bond donors (Lipinski definition) is 0. The van der Waals surface area contributed by atoms with Crippen molar-refractivity contribution in [2.75, 3.05) is 7.11 Å². The lowest BCUT2D eigenvalue weighted by Crippen LogP contribution is -2.08. The molecule has 0 aliphatic heterocycles. The molecule has 0 aliphatic carbocycles. The Labute approximate surface area is 163 Å². The number of aromatic nitrogens is 1. The minimum atomic E-state index is -0.413. The van der Waals surface area contributed by atoms with Crippen LogP contribution in [0.3, 0.4) is 0 Å². The number of fused-ring (bicyclic) bond motifs is 1. The number of carbonyl (C=O) groups excluding carboxylic acids is 2. The number of ketones is 1. The molecular weight excluding hydrogens is 362 g/mol. The van der Waals surface area contributed by atoms with E-state index in [-0.39, 0.29) is 11.7 Å². The summed E-state index contributed by atoms with van der Waals surface area (Å²) in [6.07, 6.45) is 2.29. The maximum absolute atomic E-state index is 12.9. The quantitative estimate of drug-likeness (QED) is 0.454. The molecular formula is C22H22ClNO3. The lowest BCUT2D eigenvalue weighted by Gasteiger charge is -2.08. The number of nitrogens with zero attached hydrogens (tertiary/aromatic N) is 1. The van der Waals surface area contributed by atoms with Crippen molar-refractivity contribution in [1.29, 1.82) is 0 Å². The van der Waals surface area contributed by atoms with E-state index < -0.39 is 5.97 Å². The Balaban J connectivity index is 2.26. The molecule has 0 bridgehead atoms. The summed E-state index contributed by atoms with van der Waals surface area (Å²) < 4.78 is 6.76. The molecule has 3 aromatic rings. The Hall–Kier alpha value is -2.59. The first-order chi connectivity index (χ1) is 12.8. The van der Waals surface area contributed by atoms with Gasteiger partial charge < -0.3 is 9.14 Å². The molecule has 3 rings (SSSR count). The molecule has 0 atom stereocenters. The zero-order valence-electron chi connectivity index (χ0n) is 15.9. The summed E-state index contributed by atoms with van der Waals surface area (Å²) in [5, 5.41) is 0.674. The predicted molar refractivity (Wildman–Crippen MR) is 107 cm³/mol. The molecule has 0 unspecified atom stereocenters. The first kappa shape index (κ1) is 19.2. The second kappa shape index (κ2) is 7.57. The molecule has 5 heteroatoms. The average molecular weight is 384 g/mol. The predicted octanol–water partition coefficient (Wildman–Crippen LogP) is 5.12. The smallest absolute Gasteiger partial charge is 0.339 e. The Kier molecular flexibility index (Phi) is 5.38. The van der Waals surface area contributed by atoms with Crippen LogP contribution < -0.4 is 0 Å². The van der Waals surface area contributed by atoms with Gasteiger partial charge in [0.2, 0.25) is 0 Å². The lowest BCUT2D eigenvalue weighted by molar-refractivity contribution is 0.0600. The van der Waals surface area contributed by atoms with Crippen LogP contribution in [0, 0.1) is 12.8 Å². The van der Waals surface area contributed by atoms with Crippen LogP contribution in [0.15, 0.2) is 42.6 Å². The van der Waals surface area contributed by atoms with Gasteiger partial charge in [0.15, 0.2) is 5.78 Å². The van der Waals surface area contributed by atoms with Crippen molar-refractivity contribution >= 4 is 28.9 Å². The molecule has 1 aromatic carbocycles. The number of Topliss-reactive ketones (excluding diaryl/α,β-unsaturated/α-hetero) is 1. The van der Waals surface area contributed by atoms with Crippen LogP contribution in [0.2, 0.25) is 5.02 Å². The number of pyridine rings is 1. The highest BCUT2D eigenvalue weighted by atomic mass is 35.5. The van der Waals surface area contributed by atoms with Gasteiger partial charge in [-0.1, -0.05) is 43.6 Å². The molecule has 4 nitrogen and oxygen atoms in total. The summed E-state index contributed by atoms with van der Waals surface area (Å²) in [6.45, 7) is 5.73. The maximum Gasteiger partial charge on any atom is 0.339 e. The lowest BCUT2D eigenvalue weighted by atomic mass is 9.97. The van der Waals surface area contributed by atoms with Gasteiger partial charge in [-0.25, -0.2) is 4.79 Å². The number of ether oxygens (including phenoxy) is 1. The van der Waals surface area contributed by atoms with Crippen molar-refractivity contribution in [3.8, 4) is 0 Å². The van der Waals surface area contributed by atoms with Crippen molar-refractivity contribution in [1.82, 2.24) is 4.40 Å². The van der Waals surface area contributed by atoms with E-state index in [1.165, 1.54) is 7.11 Å². The fraction of sp³-hybridized carbons (Fsp3) is 0.273. The molecule has 0 N–H and O–H groups in total. The molecule has 2 heterocycles. The first-order valence-corrected chi connectivity index (χ1v) is 9.22. The number of methoxy groups -OCH3 is 1. The monoisotopic (exact) mass is 383 g/mol. The van der Waals surface area contributed by atoms with Gasteiger partial charge in [0.1, 0.15) is 0 Å².